The van der Waals surface area contributed by atoms with E-state index in [2.05, 4.69) is 11.4 Å². The van der Waals surface area contributed by atoms with E-state index in [0.717, 1.165) is 13.1 Å². The van der Waals surface area contributed by atoms with Gasteiger partial charge < -0.3 is 10.4 Å². The fourth-order valence-corrected chi connectivity index (χ4v) is 1.92. The Morgan fingerprint density at radius 3 is 2.86 bits per heavy atom. The van der Waals surface area contributed by atoms with Gasteiger partial charge in [0.1, 0.15) is 5.75 Å². The molecule has 0 radical (unpaired) electrons. The maximum Gasteiger partial charge on any atom is 0.115 e. The lowest BCUT2D eigenvalue weighted by Gasteiger charge is -2.23. The molecule has 1 atom stereocenters. The number of phenolic OH excluding ortho intramolecular Hbond substituents is 1. The molecule has 1 fully saturated rings. The minimum Gasteiger partial charge on any atom is -0.508 e. The topological polar surface area (TPSA) is 32.3 Å². The third kappa shape index (κ3) is 2.63. The van der Waals surface area contributed by atoms with E-state index in [1.165, 1.54) is 18.4 Å². The third-order valence-electron chi connectivity index (χ3n) is 2.64. The van der Waals surface area contributed by atoms with Crippen molar-refractivity contribution in [3.8, 4) is 5.75 Å². The molecule has 2 nitrogen and oxygen atoms in total. The van der Waals surface area contributed by atoms with Crippen LogP contribution < -0.4 is 5.32 Å². The van der Waals surface area contributed by atoms with E-state index in [4.69, 9.17) is 0 Å². The Bertz CT molecular complexity index is 284. The predicted molar refractivity (Wildman–Crippen MR) is 60.2 cm³/mol. The average molecular weight is 214 g/mol. The summed E-state index contributed by atoms with van der Waals surface area (Å²) < 4.78 is 0. The Morgan fingerprint density at radius 2 is 2.21 bits per heavy atom. The van der Waals surface area contributed by atoms with Gasteiger partial charge in [-0.1, -0.05) is 12.1 Å². The van der Waals surface area contributed by atoms with Crippen LogP contribution in [0.4, 0.5) is 0 Å². The van der Waals surface area contributed by atoms with Crippen molar-refractivity contribution in [1.29, 1.82) is 0 Å². The largest absolute Gasteiger partial charge is 0.508 e. The summed E-state index contributed by atoms with van der Waals surface area (Å²) in [5, 5.41) is 12.7. The number of aromatic hydroxyl groups is 1. The van der Waals surface area contributed by atoms with Gasteiger partial charge in [0.2, 0.25) is 0 Å². The molecule has 14 heavy (non-hydrogen) atoms. The van der Waals surface area contributed by atoms with E-state index >= 15 is 0 Å². The Balaban J connectivity index is 0.000000980. The second-order valence-corrected chi connectivity index (χ2v) is 3.64. The zero-order chi connectivity index (χ0) is 9.10. The zero-order valence-electron chi connectivity index (χ0n) is 8.07. The molecule has 78 valence electrons. The highest BCUT2D eigenvalue weighted by atomic mass is 35.5. The van der Waals surface area contributed by atoms with E-state index in [9.17, 15) is 5.11 Å². The fourth-order valence-electron chi connectivity index (χ4n) is 1.92. The monoisotopic (exact) mass is 213 g/mol. The molecule has 0 amide bonds. The number of rotatable bonds is 1. The summed E-state index contributed by atoms with van der Waals surface area (Å²) in [7, 11) is 0. The van der Waals surface area contributed by atoms with Gasteiger partial charge in [-0.25, -0.2) is 0 Å². The van der Waals surface area contributed by atoms with Crippen LogP contribution in [-0.2, 0) is 0 Å². The van der Waals surface area contributed by atoms with Crippen LogP contribution in [0.2, 0.25) is 0 Å². The molecule has 0 aliphatic carbocycles. The lowest BCUT2D eigenvalue weighted by Crippen LogP contribution is -2.28. The van der Waals surface area contributed by atoms with Crippen molar-refractivity contribution in [3.05, 3.63) is 29.8 Å². The van der Waals surface area contributed by atoms with Crippen molar-refractivity contribution in [2.75, 3.05) is 13.1 Å². The van der Waals surface area contributed by atoms with Crippen LogP contribution in [0.3, 0.4) is 0 Å². The summed E-state index contributed by atoms with van der Waals surface area (Å²) in [4.78, 5) is 0. The molecule has 0 unspecified atom stereocenters. The van der Waals surface area contributed by atoms with Gasteiger partial charge >= 0.3 is 0 Å². The van der Waals surface area contributed by atoms with Crippen LogP contribution in [-0.4, -0.2) is 18.2 Å². The van der Waals surface area contributed by atoms with Crippen molar-refractivity contribution < 1.29 is 5.11 Å². The van der Waals surface area contributed by atoms with Crippen molar-refractivity contribution in [2.24, 2.45) is 0 Å². The number of piperidine rings is 1. The van der Waals surface area contributed by atoms with E-state index < -0.39 is 0 Å². The predicted octanol–water partition coefficient (Wildman–Crippen LogP) is 2.28. The molecule has 2 N–H and O–H groups in total. The minimum atomic E-state index is 0. The molecule has 1 aliphatic rings. The Hall–Kier alpha value is -0.730. The fraction of sp³-hybridized carbons (Fsp3) is 0.455. The summed E-state index contributed by atoms with van der Waals surface area (Å²) in [6, 6.07) is 7.61. The van der Waals surface area contributed by atoms with Gasteiger partial charge in [0.05, 0.1) is 0 Å². The molecule has 1 aliphatic heterocycles. The highest BCUT2D eigenvalue weighted by Crippen LogP contribution is 2.25. The van der Waals surface area contributed by atoms with Crippen LogP contribution in [0.1, 0.15) is 24.3 Å². The van der Waals surface area contributed by atoms with Crippen LogP contribution >= 0.6 is 12.4 Å². The van der Waals surface area contributed by atoms with Gasteiger partial charge in [-0.2, -0.15) is 0 Å². The summed E-state index contributed by atoms with van der Waals surface area (Å²) in [6.07, 6.45) is 2.47. The highest BCUT2D eigenvalue weighted by molar-refractivity contribution is 5.85. The number of nitrogens with one attached hydrogen (secondary N) is 1. The Labute approximate surface area is 90.7 Å². The van der Waals surface area contributed by atoms with Gasteiger partial charge in [-0.05, 0) is 43.0 Å². The van der Waals surface area contributed by atoms with Gasteiger partial charge in [-0.15, -0.1) is 12.4 Å². The van der Waals surface area contributed by atoms with Crippen LogP contribution in [0, 0.1) is 0 Å². The Kier molecular flexibility index (Phi) is 4.23. The van der Waals surface area contributed by atoms with Crippen LogP contribution in [0.5, 0.6) is 5.75 Å². The molecule has 0 saturated carbocycles. The molecule has 2 rings (SSSR count). The van der Waals surface area contributed by atoms with E-state index in [-0.39, 0.29) is 12.4 Å². The maximum absolute atomic E-state index is 9.32. The average Bonchev–Trinajstić information content (AvgIpc) is 2.19. The van der Waals surface area contributed by atoms with Crippen LogP contribution in [0.15, 0.2) is 24.3 Å². The van der Waals surface area contributed by atoms with Gasteiger partial charge in [0, 0.05) is 6.54 Å². The second kappa shape index (κ2) is 5.23. The first-order chi connectivity index (χ1) is 6.36. The van der Waals surface area contributed by atoms with Crippen molar-refractivity contribution >= 4 is 12.4 Å². The second-order valence-electron chi connectivity index (χ2n) is 3.64. The molecule has 1 aromatic rings. The molecule has 1 heterocycles. The third-order valence-corrected chi connectivity index (χ3v) is 2.64. The first kappa shape index (κ1) is 11.3. The maximum atomic E-state index is 9.32. The molecule has 0 aromatic heterocycles. The number of hydrogen-bond acceptors (Lipinski definition) is 2. The highest BCUT2D eigenvalue weighted by Gasteiger charge is 2.14. The van der Waals surface area contributed by atoms with Crippen molar-refractivity contribution in [1.82, 2.24) is 5.32 Å². The molecule has 3 heteroatoms. The molecular weight excluding hydrogens is 198 g/mol. The minimum absolute atomic E-state index is 0. The first-order valence-corrected chi connectivity index (χ1v) is 4.86. The normalized spacial score (nSPS) is 21.3. The summed E-state index contributed by atoms with van der Waals surface area (Å²) in [6.45, 7) is 2.18. The quantitative estimate of drug-likeness (QED) is 0.750. The lowest BCUT2D eigenvalue weighted by molar-refractivity contribution is 0.452. The van der Waals surface area contributed by atoms with Crippen LogP contribution in [0.25, 0.3) is 0 Å². The zero-order valence-corrected chi connectivity index (χ0v) is 8.89. The lowest BCUT2D eigenvalue weighted by atomic mass is 9.92. The number of benzene rings is 1. The van der Waals surface area contributed by atoms with Gasteiger partial charge in [-0.3, -0.25) is 0 Å². The summed E-state index contributed by atoms with van der Waals surface area (Å²) in [5.74, 6) is 0.962. The summed E-state index contributed by atoms with van der Waals surface area (Å²) in [5.41, 5.74) is 1.26. The molecule has 1 saturated heterocycles. The van der Waals surface area contributed by atoms with Gasteiger partial charge in [0.15, 0.2) is 0 Å². The molecular formula is C11H16ClNO. The molecule has 1 aromatic carbocycles. The van der Waals surface area contributed by atoms with E-state index in [0.29, 0.717) is 11.7 Å². The standard InChI is InChI=1S/C11H15NO.ClH/c13-11-5-1-3-9(7-11)10-4-2-6-12-8-10;/h1,3,5,7,10,12-13H,2,4,6,8H2;1H/t10-;/m0./s1. The smallest absolute Gasteiger partial charge is 0.115 e. The Morgan fingerprint density at radius 1 is 1.36 bits per heavy atom. The van der Waals surface area contributed by atoms with Gasteiger partial charge in [0.25, 0.3) is 0 Å². The number of hydrogen-bond donors (Lipinski definition) is 2. The van der Waals surface area contributed by atoms with E-state index in [1.54, 1.807) is 6.07 Å². The summed E-state index contributed by atoms with van der Waals surface area (Å²) >= 11 is 0. The van der Waals surface area contributed by atoms with Crippen molar-refractivity contribution in [2.45, 2.75) is 18.8 Å². The van der Waals surface area contributed by atoms with Crippen molar-refractivity contribution in [3.63, 3.8) is 0 Å². The SMILES string of the molecule is Cl.Oc1cccc([C@H]2CCCNC2)c1. The number of phenols is 1. The first-order valence-electron chi connectivity index (χ1n) is 4.86. The molecule has 0 bridgehead atoms. The molecule has 0 spiro atoms. The van der Waals surface area contributed by atoms with E-state index in [1.807, 2.05) is 12.1 Å². The number of halogens is 1.